The van der Waals surface area contributed by atoms with E-state index in [2.05, 4.69) is 15.4 Å². The molecule has 2 saturated carbocycles. The quantitative estimate of drug-likeness (QED) is 0.385. The number of likely N-dealkylation sites (tertiary alicyclic amines) is 1. The Morgan fingerprint density at radius 2 is 1.77 bits per heavy atom. The molecular formula is C34H41F3N6O8S. The summed E-state index contributed by atoms with van der Waals surface area (Å²) in [6, 6.07) is 1.13. The summed E-state index contributed by atoms with van der Waals surface area (Å²) in [6.45, 7) is -1.83. The van der Waals surface area contributed by atoms with Crippen LogP contribution in [-0.2, 0) is 42.2 Å². The standard InChI is InChI=1S/C34H41F3N6O8S/c35-25-9-6-7-20-15-41(17-24(20)25)32(48)51-22-13-27-28(44)39-34(30(46)40-52(49,50)23-11-12-23)14-21(34)8-4-2-1-3-5-10-26(29(45)43(27)16-22)38-31(47)42-18-33(36,37)19-42/h4,6-9,21-23,26-27H,1-3,5,10-19H2,(H,38,47)(H,39,44)(H,40,46)/b8-4-/t21-,22+,26-,27-,34+/m0/s1. The van der Waals surface area contributed by atoms with E-state index in [0.717, 1.165) is 9.80 Å². The summed E-state index contributed by atoms with van der Waals surface area (Å²) in [4.78, 5) is 71.5. The minimum Gasteiger partial charge on any atom is -0.444 e. The van der Waals surface area contributed by atoms with E-state index in [1.807, 2.05) is 6.08 Å². The van der Waals surface area contributed by atoms with Crippen LogP contribution in [0.15, 0.2) is 30.4 Å². The summed E-state index contributed by atoms with van der Waals surface area (Å²) in [5.41, 5.74) is -0.641. The maximum Gasteiger partial charge on any atom is 0.410 e. The molecule has 52 heavy (non-hydrogen) atoms. The summed E-state index contributed by atoms with van der Waals surface area (Å²) < 4.78 is 74.9. The van der Waals surface area contributed by atoms with Gasteiger partial charge in [-0.25, -0.2) is 31.2 Å². The zero-order valence-corrected chi connectivity index (χ0v) is 29.1. The number of amides is 6. The fourth-order valence-corrected chi connectivity index (χ4v) is 8.83. The van der Waals surface area contributed by atoms with Crippen molar-refractivity contribution in [2.45, 2.75) is 106 Å². The number of alkyl halides is 2. The predicted octanol–water partition coefficient (Wildman–Crippen LogP) is 2.28. The van der Waals surface area contributed by atoms with Crippen LogP contribution in [0.2, 0.25) is 0 Å². The highest BCUT2D eigenvalue weighted by Gasteiger charge is 2.62. The molecule has 5 atom stereocenters. The van der Waals surface area contributed by atoms with Crippen LogP contribution in [-0.4, -0.2) is 107 Å². The Balaban J connectivity index is 1.13. The number of rotatable bonds is 5. The van der Waals surface area contributed by atoms with Gasteiger partial charge in [0.15, 0.2) is 0 Å². The number of hydrogen-bond acceptors (Lipinski definition) is 8. The molecule has 14 nitrogen and oxygen atoms in total. The van der Waals surface area contributed by atoms with Gasteiger partial charge in [-0.05, 0) is 50.2 Å². The molecule has 4 aliphatic heterocycles. The molecule has 7 rings (SSSR count). The molecule has 6 amide bonds. The second kappa shape index (κ2) is 13.6. The Labute approximate surface area is 298 Å². The van der Waals surface area contributed by atoms with E-state index < -0.39 is 99.6 Å². The molecular weight excluding hydrogens is 709 g/mol. The molecule has 4 fully saturated rings. The number of allylic oxidation sites excluding steroid dienone is 1. The van der Waals surface area contributed by atoms with Gasteiger partial charge in [0, 0.05) is 24.4 Å². The van der Waals surface area contributed by atoms with Crippen molar-refractivity contribution in [3.63, 3.8) is 0 Å². The summed E-state index contributed by atoms with van der Waals surface area (Å²) in [7, 11) is -3.96. The normalized spacial score (nSPS) is 30.7. The summed E-state index contributed by atoms with van der Waals surface area (Å²) in [5.74, 6) is -6.40. The van der Waals surface area contributed by atoms with E-state index in [1.165, 1.54) is 17.0 Å². The molecule has 0 spiro atoms. The van der Waals surface area contributed by atoms with Gasteiger partial charge in [0.05, 0.1) is 31.4 Å². The van der Waals surface area contributed by atoms with E-state index in [4.69, 9.17) is 4.74 Å². The Kier molecular flexibility index (Phi) is 9.40. The number of nitrogens with one attached hydrogen (secondary N) is 3. The molecule has 1 aromatic rings. The second-order valence-electron chi connectivity index (χ2n) is 14.7. The lowest BCUT2D eigenvalue weighted by molar-refractivity contribution is -0.141. The Hall–Kier alpha value is -4.35. The van der Waals surface area contributed by atoms with Crippen LogP contribution in [0.4, 0.5) is 22.8 Å². The number of ether oxygens (including phenoxy) is 1. The Bertz CT molecular complexity index is 1800. The SMILES string of the molecule is O=C1N[C@]2(C(=O)NS(=O)(=O)C3CC3)C[C@@H]2/C=C\CCCCC[C@H](NC(=O)N2CC(F)(F)C2)C(=O)N2C[C@H](OC(=O)N3Cc4cccc(F)c4C3)C[C@@H]12. The van der Waals surface area contributed by atoms with Gasteiger partial charge < -0.3 is 25.2 Å². The van der Waals surface area contributed by atoms with Crippen LogP contribution in [0.3, 0.4) is 0 Å². The van der Waals surface area contributed by atoms with Crippen molar-refractivity contribution in [2.24, 2.45) is 5.92 Å². The molecule has 0 aromatic heterocycles. The molecule has 2 aliphatic carbocycles. The van der Waals surface area contributed by atoms with Crippen LogP contribution in [0.5, 0.6) is 0 Å². The van der Waals surface area contributed by atoms with Crippen molar-refractivity contribution in [1.82, 2.24) is 30.1 Å². The molecule has 6 aliphatic rings. The zero-order valence-electron chi connectivity index (χ0n) is 28.3. The summed E-state index contributed by atoms with van der Waals surface area (Å²) in [6.07, 6.45) is 5.10. The van der Waals surface area contributed by atoms with Crippen molar-refractivity contribution < 1.29 is 50.3 Å². The van der Waals surface area contributed by atoms with Gasteiger partial charge in [-0.3, -0.25) is 24.0 Å². The minimum atomic E-state index is -3.96. The summed E-state index contributed by atoms with van der Waals surface area (Å²) >= 11 is 0. The van der Waals surface area contributed by atoms with Crippen molar-refractivity contribution in [3.05, 3.63) is 47.3 Å². The molecule has 282 valence electrons. The minimum absolute atomic E-state index is 0.0416. The van der Waals surface area contributed by atoms with Crippen LogP contribution < -0.4 is 15.4 Å². The van der Waals surface area contributed by atoms with Gasteiger partial charge in [-0.2, -0.15) is 0 Å². The Morgan fingerprint density at radius 3 is 2.48 bits per heavy atom. The van der Waals surface area contributed by atoms with Gasteiger partial charge in [0.25, 0.3) is 11.8 Å². The Morgan fingerprint density at radius 1 is 1.00 bits per heavy atom. The topological polar surface area (TPSA) is 175 Å². The molecule has 2 saturated heterocycles. The number of carbonyl (C=O) groups is 5. The monoisotopic (exact) mass is 750 g/mol. The van der Waals surface area contributed by atoms with Gasteiger partial charge >= 0.3 is 12.1 Å². The molecule has 4 heterocycles. The summed E-state index contributed by atoms with van der Waals surface area (Å²) in [5, 5.41) is 4.60. The van der Waals surface area contributed by atoms with Crippen molar-refractivity contribution in [2.75, 3.05) is 19.6 Å². The lowest BCUT2D eigenvalue weighted by Gasteiger charge is -2.39. The van der Waals surface area contributed by atoms with E-state index in [0.29, 0.717) is 49.7 Å². The van der Waals surface area contributed by atoms with Crippen molar-refractivity contribution in [3.8, 4) is 0 Å². The third-order valence-electron chi connectivity index (χ3n) is 10.7. The van der Waals surface area contributed by atoms with E-state index in [-0.39, 0.29) is 38.9 Å². The van der Waals surface area contributed by atoms with E-state index >= 15 is 0 Å². The first-order chi connectivity index (χ1) is 24.7. The molecule has 1 aromatic carbocycles. The third kappa shape index (κ3) is 7.30. The number of halogens is 3. The maximum atomic E-state index is 14.4. The molecule has 0 bridgehead atoms. The van der Waals surface area contributed by atoms with Crippen LogP contribution >= 0.6 is 0 Å². The third-order valence-corrected chi connectivity index (χ3v) is 12.5. The predicted molar refractivity (Wildman–Crippen MR) is 176 cm³/mol. The highest BCUT2D eigenvalue weighted by atomic mass is 32.2. The number of nitrogens with zero attached hydrogens (tertiary/aromatic N) is 3. The highest BCUT2D eigenvalue weighted by molar-refractivity contribution is 7.91. The lowest BCUT2D eigenvalue weighted by Crippen LogP contribution is -2.63. The van der Waals surface area contributed by atoms with Crippen LogP contribution in [0, 0.1) is 11.7 Å². The maximum absolute atomic E-state index is 14.4. The first-order valence-corrected chi connectivity index (χ1v) is 19.2. The number of sulfonamides is 1. The van der Waals surface area contributed by atoms with E-state index in [9.17, 15) is 45.6 Å². The first kappa shape index (κ1) is 36.0. The molecule has 0 radical (unpaired) electrons. The highest BCUT2D eigenvalue weighted by Crippen LogP contribution is 2.46. The number of fused-ring (bicyclic) bond motifs is 3. The van der Waals surface area contributed by atoms with Crippen molar-refractivity contribution in [1.29, 1.82) is 0 Å². The van der Waals surface area contributed by atoms with E-state index in [1.54, 1.807) is 12.1 Å². The molecule has 3 N–H and O–H groups in total. The zero-order chi connectivity index (χ0) is 37.0. The number of benzene rings is 1. The number of hydrogen-bond donors (Lipinski definition) is 3. The van der Waals surface area contributed by atoms with Crippen molar-refractivity contribution >= 4 is 39.9 Å². The largest absolute Gasteiger partial charge is 0.444 e. The van der Waals surface area contributed by atoms with Crippen LogP contribution in [0.1, 0.15) is 68.9 Å². The van der Waals surface area contributed by atoms with Gasteiger partial charge in [-0.15, -0.1) is 0 Å². The first-order valence-electron chi connectivity index (χ1n) is 17.7. The number of urea groups is 1. The second-order valence-corrected chi connectivity index (χ2v) is 16.7. The lowest BCUT2D eigenvalue weighted by atomic mass is 10.0. The number of carbonyl (C=O) groups excluding carboxylic acids is 5. The van der Waals surface area contributed by atoms with Crippen LogP contribution in [0.25, 0.3) is 0 Å². The average Bonchev–Trinajstić information content (AvgIpc) is 3.96. The fourth-order valence-electron chi connectivity index (χ4n) is 7.47. The van der Waals surface area contributed by atoms with Gasteiger partial charge in [0.1, 0.15) is 29.5 Å². The molecule has 0 unspecified atom stereocenters. The average molecular weight is 751 g/mol. The van der Waals surface area contributed by atoms with Gasteiger partial charge in [0.2, 0.25) is 21.8 Å². The van der Waals surface area contributed by atoms with Gasteiger partial charge in [-0.1, -0.05) is 37.1 Å². The molecule has 18 heteroatoms. The fraction of sp³-hybridized carbons (Fsp3) is 0.618. The smallest absolute Gasteiger partial charge is 0.410 e.